The van der Waals surface area contributed by atoms with Crippen molar-refractivity contribution in [3.8, 4) is 11.5 Å². The molecule has 2 atom stereocenters. The van der Waals surface area contributed by atoms with Gasteiger partial charge in [0.15, 0.2) is 11.5 Å². The number of halogens is 1. The smallest absolute Gasteiger partial charge is 0.224 e. The summed E-state index contributed by atoms with van der Waals surface area (Å²) in [5.74, 6) is 0.968. The molecule has 0 aromatic heterocycles. The number of hydrogen-bond acceptors (Lipinski definition) is 5. The predicted octanol–water partition coefficient (Wildman–Crippen LogP) is 0.530. The number of aliphatic hydroxyl groups is 1. The lowest BCUT2D eigenvalue weighted by Crippen LogP contribution is -2.43. The number of carbonyl (C=O) groups excluding carboxylic acids is 1. The second kappa shape index (κ2) is 6.09. The van der Waals surface area contributed by atoms with Crippen molar-refractivity contribution < 1.29 is 24.1 Å². The minimum atomic E-state index is -0.662. The third-order valence-corrected chi connectivity index (χ3v) is 3.81. The zero-order valence-corrected chi connectivity index (χ0v) is 12.1. The monoisotopic (exact) mass is 313 g/mol. The number of fused-ring (bicyclic) bond motifs is 1. The Kier molecular flexibility index (Phi) is 4.19. The van der Waals surface area contributed by atoms with E-state index in [0.29, 0.717) is 41.9 Å². The van der Waals surface area contributed by atoms with Gasteiger partial charge < -0.3 is 24.6 Å². The van der Waals surface area contributed by atoms with Crippen LogP contribution in [0.15, 0.2) is 12.1 Å². The van der Waals surface area contributed by atoms with Gasteiger partial charge >= 0.3 is 0 Å². The molecule has 0 radical (unpaired) electrons. The molecule has 1 fully saturated rings. The van der Waals surface area contributed by atoms with Gasteiger partial charge in [-0.25, -0.2) is 0 Å². The van der Waals surface area contributed by atoms with E-state index in [1.165, 1.54) is 0 Å². The Bertz CT molecular complexity index is 550. The molecule has 2 aliphatic rings. The van der Waals surface area contributed by atoms with E-state index in [0.717, 1.165) is 0 Å². The Morgan fingerprint density at radius 3 is 2.67 bits per heavy atom. The van der Waals surface area contributed by atoms with Crippen molar-refractivity contribution in [3.63, 3.8) is 0 Å². The number of hydrogen-bond donors (Lipinski definition) is 2. The van der Waals surface area contributed by atoms with E-state index in [9.17, 15) is 9.90 Å². The maximum atomic E-state index is 12.0. The quantitative estimate of drug-likeness (QED) is 0.851. The highest BCUT2D eigenvalue weighted by atomic mass is 35.5. The standard InChI is InChI=1S/C14H16ClNO5/c15-9-5-13-12(20-1-2-21-13)3-8(9)4-14(18)16-10-6-19-7-11(10)17/h3,5,10-11,17H,1-2,4,6-7H2,(H,16,18)/t10-,11-/m0/s1. The van der Waals surface area contributed by atoms with Crippen LogP contribution in [0.1, 0.15) is 5.56 Å². The molecule has 2 aliphatic heterocycles. The second-order valence-corrected chi connectivity index (χ2v) is 5.45. The predicted molar refractivity (Wildman–Crippen MR) is 74.9 cm³/mol. The van der Waals surface area contributed by atoms with Gasteiger partial charge in [-0.05, 0) is 11.6 Å². The molecule has 3 rings (SSSR count). The van der Waals surface area contributed by atoms with E-state index in [-0.39, 0.29) is 25.0 Å². The molecular weight excluding hydrogens is 298 g/mol. The summed E-state index contributed by atoms with van der Waals surface area (Å²) in [5, 5.41) is 12.8. The van der Waals surface area contributed by atoms with Gasteiger partial charge in [0.2, 0.25) is 5.91 Å². The first-order valence-electron chi connectivity index (χ1n) is 6.76. The van der Waals surface area contributed by atoms with Crippen LogP contribution in [0.5, 0.6) is 11.5 Å². The molecule has 1 aromatic rings. The summed E-state index contributed by atoms with van der Waals surface area (Å²) in [6.45, 7) is 1.53. The van der Waals surface area contributed by atoms with E-state index in [2.05, 4.69) is 5.32 Å². The van der Waals surface area contributed by atoms with Gasteiger partial charge in [-0.1, -0.05) is 11.6 Å². The molecular formula is C14H16ClNO5. The third-order valence-electron chi connectivity index (χ3n) is 3.46. The van der Waals surface area contributed by atoms with Crippen LogP contribution >= 0.6 is 11.6 Å². The van der Waals surface area contributed by atoms with Gasteiger partial charge in [-0.15, -0.1) is 0 Å². The summed E-state index contributed by atoms with van der Waals surface area (Å²) in [4.78, 5) is 12.0. The molecule has 6 nitrogen and oxygen atoms in total. The molecule has 1 aromatic carbocycles. The van der Waals surface area contributed by atoms with Gasteiger partial charge in [0.25, 0.3) is 0 Å². The summed E-state index contributed by atoms with van der Waals surface area (Å²) in [6.07, 6.45) is -0.553. The molecule has 0 saturated carbocycles. The van der Waals surface area contributed by atoms with Crippen LogP contribution in [0, 0.1) is 0 Å². The molecule has 0 bridgehead atoms. The number of ether oxygens (including phenoxy) is 3. The van der Waals surface area contributed by atoms with E-state index >= 15 is 0 Å². The number of carbonyl (C=O) groups is 1. The first-order valence-corrected chi connectivity index (χ1v) is 7.14. The van der Waals surface area contributed by atoms with Gasteiger partial charge in [0.1, 0.15) is 13.2 Å². The third kappa shape index (κ3) is 3.23. The number of rotatable bonds is 3. The highest BCUT2D eigenvalue weighted by molar-refractivity contribution is 6.31. The maximum absolute atomic E-state index is 12.0. The Morgan fingerprint density at radius 2 is 2.00 bits per heavy atom. The molecule has 1 saturated heterocycles. The normalized spacial score (nSPS) is 23.9. The van der Waals surface area contributed by atoms with Crippen molar-refractivity contribution in [2.75, 3.05) is 26.4 Å². The van der Waals surface area contributed by atoms with Crippen molar-refractivity contribution in [3.05, 3.63) is 22.7 Å². The molecule has 114 valence electrons. The van der Waals surface area contributed by atoms with Crippen LogP contribution in [-0.2, 0) is 16.0 Å². The fourth-order valence-corrected chi connectivity index (χ4v) is 2.57. The second-order valence-electron chi connectivity index (χ2n) is 5.04. The summed E-state index contributed by atoms with van der Waals surface area (Å²) in [6, 6.07) is 3.01. The molecule has 2 N–H and O–H groups in total. The van der Waals surface area contributed by atoms with Crippen molar-refractivity contribution in [1.82, 2.24) is 5.32 Å². The SMILES string of the molecule is O=C(Cc1cc2c(cc1Cl)OCCO2)N[C@H]1COC[C@@H]1O. The van der Waals surface area contributed by atoms with Crippen molar-refractivity contribution in [1.29, 1.82) is 0 Å². The molecule has 0 aliphatic carbocycles. The number of amides is 1. The van der Waals surface area contributed by atoms with Crippen LogP contribution in [-0.4, -0.2) is 49.6 Å². The van der Waals surface area contributed by atoms with Crippen molar-refractivity contribution in [2.24, 2.45) is 0 Å². The lowest BCUT2D eigenvalue weighted by Gasteiger charge is -2.20. The Labute approximate surface area is 126 Å². The van der Waals surface area contributed by atoms with E-state index in [1.54, 1.807) is 12.1 Å². The minimum Gasteiger partial charge on any atom is -0.486 e. The Balaban J connectivity index is 1.68. The topological polar surface area (TPSA) is 77.0 Å². The summed E-state index contributed by atoms with van der Waals surface area (Å²) in [5.41, 5.74) is 0.659. The lowest BCUT2D eigenvalue weighted by atomic mass is 10.1. The average molecular weight is 314 g/mol. The molecule has 21 heavy (non-hydrogen) atoms. The van der Waals surface area contributed by atoms with E-state index in [1.807, 2.05) is 0 Å². The molecule has 0 spiro atoms. The molecule has 2 heterocycles. The fourth-order valence-electron chi connectivity index (χ4n) is 2.35. The Hall–Kier alpha value is -1.50. The highest BCUT2D eigenvalue weighted by Gasteiger charge is 2.27. The first-order chi connectivity index (χ1) is 10.1. The van der Waals surface area contributed by atoms with E-state index in [4.69, 9.17) is 25.8 Å². The number of aliphatic hydroxyl groups excluding tert-OH is 1. The highest BCUT2D eigenvalue weighted by Crippen LogP contribution is 2.35. The van der Waals surface area contributed by atoms with Crippen LogP contribution in [0.25, 0.3) is 0 Å². The number of nitrogens with one attached hydrogen (secondary N) is 1. The lowest BCUT2D eigenvalue weighted by molar-refractivity contribution is -0.121. The molecule has 0 unspecified atom stereocenters. The van der Waals surface area contributed by atoms with E-state index < -0.39 is 6.10 Å². The van der Waals surface area contributed by atoms with Crippen molar-refractivity contribution >= 4 is 17.5 Å². The van der Waals surface area contributed by atoms with Gasteiger partial charge in [0.05, 0.1) is 31.8 Å². The van der Waals surface area contributed by atoms with Crippen molar-refractivity contribution in [2.45, 2.75) is 18.6 Å². The minimum absolute atomic E-state index is 0.110. The maximum Gasteiger partial charge on any atom is 0.224 e. The zero-order chi connectivity index (χ0) is 14.8. The summed E-state index contributed by atoms with van der Waals surface area (Å²) >= 11 is 6.16. The Morgan fingerprint density at radius 1 is 1.29 bits per heavy atom. The van der Waals surface area contributed by atoms with Gasteiger partial charge in [-0.2, -0.15) is 0 Å². The van der Waals surface area contributed by atoms with Crippen LogP contribution in [0.4, 0.5) is 0 Å². The largest absolute Gasteiger partial charge is 0.486 e. The van der Waals surface area contributed by atoms with Crippen LogP contribution < -0.4 is 14.8 Å². The first kappa shape index (κ1) is 14.4. The molecule has 7 heteroatoms. The number of benzene rings is 1. The van der Waals surface area contributed by atoms with Crippen LogP contribution in [0.3, 0.4) is 0 Å². The van der Waals surface area contributed by atoms with Gasteiger partial charge in [-0.3, -0.25) is 4.79 Å². The summed E-state index contributed by atoms with van der Waals surface area (Å²) in [7, 11) is 0. The zero-order valence-electron chi connectivity index (χ0n) is 11.3. The van der Waals surface area contributed by atoms with Crippen LogP contribution in [0.2, 0.25) is 5.02 Å². The van der Waals surface area contributed by atoms with Gasteiger partial charge in [0, 0.05) is 11.1 Å². The fraction of sp³-hybridized carbons (Fsp3) is 0.500. The summed E-state index contributed by atoms with van der Waals surface area (Å²) < 4.78 is 16.0. The molecule has 1 amide bonds. The average Bonchev–Trinajstić information content (AvgIpc) is 2.85.